The van der Waals surface area contributed by atoms with E-state index in [2.05, 4.69) is 25.6 Å². The van der Waals surface area contributed by atoms with Gasteiger partial charge in [-0.2, -0.15) is 0 Å². The SMILES string of the molecule is Cc1cc(C(=O)NCc2cccnc2)nc(Nc2ccc3c(c2)OCO3)n1. The lowest BCUT2D eigenvalue weighted by Gasteiger charge is -2.09. The molecule has 0 atom stereocenters. The lowest BCUT2D eigenvalue weighted by Crippen LogP contribution is -2.24. The van der Waals surface area contributed by atoms with Crippen LogP contribution < -0.4 is 20.1 Å². The van der Waals surface area contributed by atoms with Gasteiger partial charge in [-0.1, -0.05) is 6.07 Å². The monoisotopic (exact) mass is 363 g/mol. The number of pyridine rings is 1. The lowest BCUT2D eigenvalue weighted by atomic mass is 10.2. The van der Waals surface area contributed by atoms with E-state index in [0.29, 0.717) is 29.7 Å². The van der Waals surface area contributed by atoms with E-state index in [4.69, 9.17) is 9.47 Å². The highest BCUT2D eigenvalue weighted by atomic mass is 16.7. The van der Waals surface area contributed by atoms with Crippen LogP contribution in [0.15, 0.2) is 48.8 Å². The number of ether oxygens (including phenoxy) is 2. The maximum absolute atomic E-state index is 12.4. The Balaban J connectivity index is 1.48. The molecule has 27 heavy (non-hydrogen) atoms. The van der Waals surface area contributed by atoms with E-state index in [1.807, 2.05) is 31.2 Å². The predicted molar refractivity (Wildman–Crippen MR) is 98.0 cm³/mol. The molecular formula is C19H17N5O3. The summed E-state index contributed by atoms with van der Waals surface area (Å²) in [5.41, 5.74) is 2.62. The van der Waals surface area contributed by atoms with Crippen molar-refractivity contribution in [1.82, 2.24) is 20.3 Å². The maximum Gasteiger partial charge on any atom is 0.270 e. The molecule has 1 aromatic carbocycles. The summed E-state index contributed by atoms with van der Waals surface area (Å²) in [5.74, 6) is 1.40. The fourth-order valence-corrected chi connectivity index (χ4v) is 2.62. The fraction of sp³-hybridized carbons (Fsp3) is 0.158. The molecule has 0 bridgehead atoms. The minimum Gasteiger partial charge on any atom is -0.454 e. The van der Waals surface area contributed by atoms with Gasteiger partial charge >= 0.3 is 0 Å². The average Bonchev–Trinajstić information content (AvgIpc) is 3.14. The van der Waals surface area contributed by atoms with Crippen molar-refractivity contribution < 1.29 is 14.3 Å². The summed E-state index contributed by atoms with van der Waals surface area (Å²) in [5, 5.41) is 5.93. The second-order valence-electron chi connectivity index (χ2n) is 5.96. The Morgan fingerprint density at radius 3 is 2.89 bits per heavy atom. The molecule has 0 unspecified atom stereocenters. The number of nitrogens with zero attached hydrogens (tertiary/aromatic N) is 3. The second kappa shape index (κ2) is 7.28. The third-order valence-electron chi connectivity index (χ3n) is 3.89. The Bertz CT molecular complexity index is 978. The van der Waals surface area contributed by atoms with Crippen molar-refractivity contribution >= 4 is 17.5 Å². The number of aryl methyl sites for hydroxylation is 1. The number of hydrogen-bond acceptors (Lipinski definition) is 7. The highest BCUT2D eigenvalue weighted by molar-refractivity contribution is 5.92. The summed E-state index contributed by atoms with van der Waals surface area (Å²) in [4.78, 5) is 25.1. The van der Waals surface area contributed by atoms with Gasteiger partial charge in [0.2, 0.25) is 12.7 Å². The number of carbonyl (C=O) groups is 1. The molecule has 8 nitrogen and oxygen atoms in total. The first-order chi connectivity index (χ1) is 13.2. The molecule has 1 amide bonds. The Hall–Kier alpha value is -3.68. The average molecular weight is 363 g/mol. The van der Waals surface area contributed by atoms with Crippen molar-refractivity contribution in [3.8, 4) is 11.5 Å². The summed E-state index contributed by atoms with van der Waals surface area (Å²) in [7, 11) is 0. The van der Waals surface area contributed by atoms with Gasteiger partial charge in [-0.05, 0) is 36.8 Å². The topological polar surface area (TPSA) is 98.3 Å². The van der Waals surface area contributed by atoms with Gasteiger partial charge in [-0.25, -0.2) is 9.97 Å². The molecule has 8 heteroatoms. The zero-order valence-electron chi connectivity index (χ0n) is 14.6. The first-order valence-electron chi connectivity index (χ1n) is 8.37. The smallest absolute Gasteiger partial charge is 0.270 e. The summed E-state index contributed by atoms with van der Waals surface area (Å²) >= 11 is 0. The van der Waals surface area contributed by atoms with Gasteiger partial charge in [0.15, 0.2) is 11.5 Å². The normalized spacial score (nSPS) is 11.9. The third kappa shape index (κ3) is 3.95. The van der Waals surface area contributed by atoms with Crippen LogP contribution in [0.1, 0.15) is 21.7 Å². The van der Waals surface area contributed by atoms with Crippen LogP contribution in [0.3, 0.4) is 0 Å². The number of fused-ring (bicyclic) bond motifs is 1. The first-order valence-corrected chi connectivity index (χ1v) is 8.37. The molecule has 0 aliphatic carbocycles. The van der Waals surface area contributed by atoms with E-state index in [0.717, 1.165) is 11.3 Å². The molecule has 4 rings (SSSR count). The molecule has 1 aliphatic heterocycles. The highest BCUT2D eigenvalue weighted by Crippen LogP contribution is 2.34. The number of amides is 1. The van der Waals surface area contributed by atoms with Crippen LogP contribution in [0, 0.1) is 6.92 Å². The quantitative estimate of drug-likeness (QED) is 0.719. The molecule has 0 fully saturated rings. The third-order valence-corrected chi connectivity index (χ3v) is 3.89. The molecular weight excluding hydrogens is 346 g/mol. The second-order valence-corrected chi connectivity index (χ2v) is 5.96. The number of nitrogens with one attached hydrogen (secondary N) is 2. The molecule has 0 radical (unpaired) electrons. The van der Waals surface area contributed by atoms with E-state index in [1.165, 1.54) is 0 Å². The summed E-state index contributed by atoms with van der Waals surface area (Å²) in [6.45, 7) is 2.39. The van der Waals surface area contributed by atoms with E-state index in [9.17, 15) is 4.79 Å². The van der Waals surface area contributed by atoms with Gasteiger partial charge < -0.3 is 20.1 Å². The van der Waals surface area contributed by atoms with Crippen LogP contribution in [-0.2, 0) is 6.54 Å². The summed E-state index contributed by atoms with van der Waals surface area (Å²) < 4.78 is 10.7. The molecule has 3 heterocycles. The van der Waals surface area contributed by atoms with Gasteiger partial charge in [-0.3, -0.25) is 9.78 Å². The first kappa shape index (κ1) is 16.8. The molecule has 0 saturated heterocycles. The van der Waals surface area contributed by atoms with Gasteiger partial charge in [-0.15, -0.1) is 0 Å². The van der Waals surface area contributed by atoms with E-state index in [1.54, 1.807) is 24.5 Å². The highest BCUT2D eigenvalue weighted by Gasteiger charge is 2.15. The predicted octanol–water partition coefficient (Wildman–Crippen LogP) is 2.58. The van der Waals surface area contributed by atoms with Crippen LogP contribution in [-0.4, -0.2) is 27.7 Å². The summed E-state index contributed by atoms with van der Waals surface area (Å²) in [6.07, 6.45) is 3.39. The Labute approximate surface area is 155 Å². The van der Waals surface area contributed by atoms with Gasteiger partial charge in [0, 0.05) is 36.4 Å². The van der Waals surface area contributed by atoms with Crippen LogP contribution in [0.2, 0.25) is 0 Å². The van der Waals surface area contributed by atoms with Crippen LogP contribution in [0.25, 0.3) is 0 Å². The molecule has 2 aromatic heterocycles. The van der Waals surface area contributed by atoms with E-state index in [-0.39, 0.29) is 18.4 Å². The number of rotatable bonds is 5. The van der Waals surface area contributed by atoms with Crippen molar-refractivity contribution in [2.45, 2.75) is 13.5 Å². The minimum atomic E-state index is -0.280. The zero-order chi connectivity index (χ0) is 18.6. The van der Waals surface area contributed by atoms with Gasteiger partial charge in [0.25, 0.3) is 5.91 Å². The number of hydrogen-bond donors (Lipinski definition) is 2. The zero-order valence-corrected chi connectivity index (χ0v) is 14.6. The number of aromatic nitrogens is 3. The Morgan fingerprint density at radius 1 is 1.15 bits per heavy atom. The lowest BCUT2D eigenvalue weighted by molar-refractivity contribution is 0.0945. The maximum atomic E-state index is 12.4. The number of benzene rings is 1. The molecule has 3 aromatic rings. The van der Waals surface area contributed by atoms with Gasteiger partial charge in [0.05, 0.1) is 0 Å². The molecule has 136 valence electrons. The van der Waals surface area contributed by atoms with Crippen molar-refractivity contribution in [1.29, 1.82) is 0 Å². The van der Waals surface area contributed by atoms with Crippen LogP contribution in [0.5, 0.6) is 11.5 Å². The standard InChI is InChI=1S/C19H17N5O3/c1-12-7-15(18(25)21-10-13-3-2-6-20-9-13)24-19(22-12)23-14-4-5-16-17(8-14)27-11-26-16/h2-9H,10-11H2,1H3,(H,21,25)(H,22,23,24). The molecule has 2 N–H and O–H groups in total. The van der Waals surface area contributed by atoms with Crippen LogP contribution in [0.4, 0.5) is 11.6 Å². The Morgan fingerprint density at radius 2 is 2.04 bits per heavy atom. The Kier molecular flexibility index (Phi) is 4.52. The summed E-state index contributed by atoms with van der Waals surface area (Å²) in [6, 6.07) is 10.8. The van der Waals surface area contributed by atoms with Crippen molar-refractivity contribution in [2.75, 3.05) is 12.1 Å². The van der Waals surface area contributed by atoms with E-state index < -0.39 is 0 Å². The van der Waals surface area contributed by atoms with Crippen molar-refractivity contribution in [3.05, 3.63) is 65.7 Å². The van der Waals surface area contributed by atoms with Gasteiger partial charge in [0.1, 0.15) is 5.69 Å². The van der Waals surface area contributed by atoms with Crippen LogP contribution >= 0.6 is 0 Å². The van der Waals surface area contributed by atoms with E-state index >= 15 is 0 Å². The number of carbonyl (C=O) groups excluding carboxylic acids is 1. The van der Waals surface area contributed by atoms with Crippen molar-refractivity contribution in [3.63, 3.8) is 0 Å². The van der Waals surface area contributed by atoms with Crippen molar-refractivity contribution in [2.24, 2.45) is 0 Å². The minimum absolute atomic E-state index is 0.209. The molecule has 1 aliphatic rings. The molecule has 0 spiro atoms. The largest absolute Gasteiger partial charge is 0.454 e. The fourth-order valence-electron chi connectivity index (χ4n) is 2.62. The number of anilines is 2. The molecule has 0 saturated carbocycles.